The van der Waals surface area contributed by atoms with Crippen LogP contribution in [0.15, 0.2) is 58.1 Å². The van der Waals surface area contributed by atoms with Crippen LogP contribution >= 0.6 is 11.3 Å². The predicted molar refractivity (Wildman–Crippen MR) is 145 cm³/mol. The van der Waals surface area contributed by atoms with E-state index in [1.807, 2.05) is 24.3 Å². The van der Waals surface area contributed by atoms with Gasteiger partial charge in [-0.15, -0.1) is 11.3 Å². The zero-order valence-corrected chi connectivity index (χ0v) is 21.7. The monoisotopic (exact) mass is 519 g/mol. The maximum absolute atomic E-state index is 13.6. The molecule has 2 heterocycles. The van der Waals surface area contributed by atoms with Gasteiger partial charge in [0.05, 0.1) is 25.3 Å². The third-order valence-corrected chi connectivity index (χ3v) is 8.05. The third-order valence-electron chi connectivity index (χ3n) is 6.74. The number of para-hydroxylation sites is 1. The Kier molecular flexibility index (Phi) is 7.14. The Hall–Kier alpha value is -3.85. The minimum atomic E-state index is -0.502. The summed E-state index contributed by atoms with van der Waals surface area (Å²) in [5.41, 5.74) is 1.70. The average molecular weight is 520 g/mol. The Morgan fingerprint density at radius 2 is 1.76 bits per heavy atom. The van der Waals surface area contributed by atoms with Gasteiger partial charge in [0.2, 0.25) is 5.91 Å². The molecule has 1 amide bonds. The summed E-state index contributed by atoms with van der Waals surface area (Å²) in [5, 5.41) is 3.49. The number of hydrogen-bond acceptors (Lipinski definition) is 6. The number of amides is 1. The van der Waals surface area contributed by atoms with Crippen LogP contribution in [0.1, 0.15) is 28.8 Å². The van der Waals surface area contributed by atoms with Crippen molar-refractivity contribution in [2.75, 3.05) is 20.8 Å². The lowest BCUT2D eigenvalue weighted by atomic mass is 9.97. The number of rotatable bonds is 8. The summed E-state index contributed by atoms with van der Waals surface area (Å²) in [5.74, 6) is 0.990. The molecule has 5 rings (SSSR count). The Labute approximate surface area is 218 Å². The molecule has 8 nitrogen and oxygen atoms in total. The normalized spacial score (nSPS) is 12.8. The van der Waals surface area contributed by atoms with Gasteiger partial charge in [-0.25, -0.2) is 9.36 Å². The van der Waals surface area contributed by atoms with Gasteiger partial charge in [-0.05, 0) is 67.5 Å². The van der Waals surface area contributed by atoms with Gasteiger partial charge in [-0.2, -0.15) is 0 Å². The highest BCUT2D eigenvalue weighted by Gasteiger charge is 2.25. The lowest BCUT2D eigenvalue weighted by molar-refractivity contribution is -0.121. The molecule has 4 aromatic rings. The van der Waals surface area contributed by atoms with E-state index in [2.05, 4.69) is 5.32 Å². The van der Waals surface area contributed by atoms with Crippen molar-refractivity contribution in [3.05, 3.63) is 85.4 Å². The average Bonchev–Trinajstić information content (AvgIpc) is 3.31. The maximum Gasteiger partial charge on any atom is 0.337 e. The highest BCUT2D eigenvalue weighted by Crippen LogP contribution is 2.34. The third kappa shape index (κ3) is 4.79. The van der Waals surface area contributed by atoms with Gasteiger partial charge in [-0.1, -0.05) is 24.3 Å². The number of nitrogens with zero attached hydrogens (tertiary/aromatic N) is 2. The van der Waals surface area contributed by atoms with Crippen LogP contribution in [0.4, 0.5) is 0 Å². The molecule has 192 valence electrons. The van der Waals surface area contributed by atoms with Gasteiger partial charge in [-0.3, -0.25) is 14.2 Å². The van der Waals surface area contributed by atoms with Crippen LogP contribution in [0, 0.1) is 0 Å². The van der Waals surface area contributed by atoms with Crippen molar-refractivity contribution in [2.24, 2.45) is 0 Å². The summed E-state index contributed by atoms with van der Waals surface area (Å²) >= 11 is 1.47. The molecule has 0 atom stereocenters. The molecule has 0 aliphatic heterocycles. The molecule has 37 heavy (non-hydrogen) atoms. The summed E-state index contributed by atoms with van der Waals surface area (Å²) in [6.07, 6.45) is 4.38. The van der Waals surface area contributed by atoms with Crippen LogP contribution in [-0.2, 0) is 30.6 Å². The molecule has 0 spiro atoms. The van der Waals surface area contributed by atoms with Crippen LogP contribution < -0.4 is 26.0 Å². The predicted octanol–water partition coefficient (Wildman–Crippen LogP) is 3.47. The Bertz CT molecular complexity index is 1570. The Balaban J connectivity index is 1.44. The smallest absolute Gasteiger partial charge is 0.337 e. The number of nitrogens with one attached hydrogen (secondary N) is 1. The van der Waals surface area contributed by atoms with Crippen molar-refractivity contribution in [2.45, 2.75) is 38.6 Å². The molecule has 0 unspecified atom stereocenters. The number of fused-ring (bicyclic) bond motifs is 3. The molecule has 9 heteroatoms. The number of aromatic nitrogens is 2. The number of carbonyl (C=O) groups is 1. The van der Waals surface area contributed by atoms with Gasteiger partial charge < -0.3 is 14.8 Å². The van der Waals surface area contributed by atoms with Gasteiger partial charge in [0.15, 0.2) is 11.5 Å². The van der Waals surface area contributed by atoms with Crippen molar-refractivity contribution in [3.63, 3.8) is 0 Å². The van der Waals surface area contributed by atoms with Crippen LogP contribution in [0.5, 0.6) is 11.5 Å². The second-order valence-electron chi connectivity index (χ2n) is 9.03. The zero-order chi connectivity index (χ0) is 25.9. The molecule has 0 saturated heterocycles. The fourth-order valence-corrected chi connectivity index (χ4v) is 6.27. The van der Waals surface area contributed by atoms with Crippen molar-refractivity contribution < 1.29 is 14.3 Å². The lowest BCUT2D eigenvalue weighted by Crippen LogP contribution is -2.41. The van der Waals surface area contributed by atoms with E-state index < -0.39 is 5.69 Å². The van der Waals surface area contributed by atoms with Gasteiger partial charge in [0.1, 0.15) is 11.4 Å². The van der Waals surface area contributed by atoms with Crippen molar-refractivity contribution >= 4 is 27.5 Å². The van der Waals surface area contributed by atoms with E-state index in [1.54, 1.807) is 38.5 Å². The highest BCUT2D eigenvalue weighted by atomic mass is 32.1. The van der Waals surface area contributed by atoms with Crippen molar-refractivity contribution in [1.29, 1.82) is 0 Å². The van der Waals surface area contributed by atoms with E-state index in [0.29, 0.717) is 40.4 Å². The summed E-state index contributed by atoms with van der Waals surface area (Å²) in [6, 6.07) is 14.5. The minimum Gasteiger partial charge on any atom is -0.493 e. The van der Waals surface area contributed by atoms with Gasteiger partial charge in [0, 0.05) is 11.4 Å². The van der Waals surface area contributed by atoms with Gasteiger partial charge in [0.25, 0.3) is 5.56 Å². The first-order valence-corrected chi connectivity index (χ1v) is 13.2. The topological polar surface area (TPSA) is 91.6 Å². The minimum absolute atomic E-state index is 0.159. The van der Waals surface area contributed by atoms with Gasteiger partial charge >= 0.3 is 5.69 Å². The standard InChI is InChI=1S/C28H29N3O5S/c1-35-21-13-12-18(16-22(21)36-2)14-15-29-24(32)17-30-27-25(20-10-6-7-11-23(20)37-27)26(33)31(28(30)34)19-8-4-3-5-9-19/h3-5,8-9,12-13,16H,6-7,10-11,14-15,17H2,1-2H3,(H,29,32). The van der Waals surface area contributed by atoms with Crippen LogP contribution in [0.2, 0.25) is 0 Å². The number of ether oxygens (including phenoxy) is 2. The zero-order valence-electron chi connectivity index (χ0n) is 20.9. The summed E-state index contributed by atoms with van der Waals surface area (Å²) in [7, 11) is 3.17. The molecule has 0 radical (unpaired) electrons. The van der Waals surface area contributed by atoms with Crippen molar-refractivity contribution in [1.82, 2.24) is 14.5 Å². The molecule has 2 aromatic heterocycles. The summed E-state index contributed by atoms with van der Waals surface area (Å²) < 4.78 is 13.3. The number of benzene rings is 2. The number of carbonyl (C=O) groups excluding carboxylic acids is 1. The van der Waals surface area contributed by atoms with E-state index in [-0.39, 0.29) is 18.0 Å². The van der Waals surface area contributed by atoms with E-state index in [0.717, 1.165) is 41.7 Å². The second kappa shape index (κ2) is 10.6. The first-order valence-electron chi connectivity index (χ1n) is 12.3. The van der Waals surface area contributed by atoms with Crippen molar-refractivity contribution in [3.8, 4) is 17.2 Å². The second-order valence-corrected chi connectivity index (χ2v) is 10.1. The Morgan fingerprint density at radius 3 is 2.51 bits per heavy atom. The quantitative estimate of drug-likeness (QED) is 0.385. The molecular weight excluding hydrogens is 490 g/mol. The Morgan fingerprint density at radius 1 is 1.00 bits per heavy atom. The van der Waals surface area contributed by atoms with E-state index in [4.69, 9.17) is 9.47 Å². The molecule has 0 saturated carbocycles. The largest absolute Gasteiger partial charge is 0.493 e. The molecule has 1 N–H and O–H groups in total. The molecule has 1 aliphatic rings. The molecule has 0 bridgehead atoms. The SMILES string of the molecule is COc1ccc(CCNC(=O)Cn2c(=O)n(-c3ccccc3)c(=O)c3c4c(sc32)CCCC4)cc1OC. The van der Waals surface area contributed by atoms with Crippen LogP contribution in [-0.4, -0.2) is 35.8 Å². The fraction of sp³-hybridized carbons (Fsp3) is 0.321. The number of thiophene rings is 1. The number of hydrogen-bond donors (Lipinski definition) is 1. The van der Waals surface area contributed by atoms with Crippen LogP contribution in [0.25, 0.3) is 15.9 Å². The highest BCUT2D eigenvalue weighted by molar-refractivity contribution is 7.18. The summed E-state index contributed by atoms with van der Waals surface area (Å²) in [4.78, 5) is 41.9. The molecule has 1 aliphatic carbocycles. The fourth-order valence-electron chi connectivity index (χ4n) is 4.89. The molecular formula is C28H29N3O5S. The maximum atomic E-state index is 13.6. The van der Waals surface area contributed by atoms with E-state index in [9.17, 15) is 14.4 Å². The van der Waals surface area contributed by atoms with E-state index >= 15 is 0 Å². The number of aryl methyl sites for hydroxylation is 2. The first-order chi connectivity index (χ1) is 18.0. The molecule has 2 aromatic carbocycles. The van der Waals surface area contributed by atoms with Crippen LogP contribution in [0.3, 0.4) is 0 Å². The molecule has 0 fully saturated rings. The first kappa shape index (κ1) is 24.8. The number of methoxy groups -OCH3 is 2. The summed E-state index contributed by atoms with van der Waals surface area (Å²) in [6.45, 7) is 0.235. The lowest BCUT2D eigenvalue weighted by Gasteiger charge is -2.14. The van der Waals surface area contributed by atoms with E-state index in [1.165, 1.54) is 20.5 Å².